The molecular formula is C14H18N2O2. The van der Waals surface area contributed by atoms with Gasteiger partial charge in [0.25, 0.3) is 5.91 Å². The summed E-state index contributed by atoms with van der Waals surface area (Å²) in [5, 5.41) is 12.2. The molecule has 0 saturated heterocycles. The number of rotatable bonds is 2. The summed E-state index contributed by atoms with van der Waals surface area (Å²) >= 11 is 0. The van der Waals surface area contributed by atoms with Crippen molar-refractivity contribution in [2.75, 3.05) is 0 Å². The van der Waals surface area contributed by atoms with Gasteiger partial charge in [0.15, 0.2) is 5.76 Å². The van der Waals surface area contributed by atoms with Crippen molar-refractivity contribution >= 4 is 5.91 Å². The summed E-state index contributed by atoms with van der Waals surface area (Å²) in [6.45, 7) is 3.97. The molecule has 18 heavy (non-hydrogen) atoms. The Bertz CT molecular complexity index is 476. The quantitative estimate of drug-likeness (QED) is 0.872. The third-order valence-corrected chi connectivity index (χ3v) is 3.66. The number of furan rings is 1. The molecule has 0 unspecified atom stereocenters. The van der Waals surface area contributed by atoms with Crippen LogP contribution in [0.4, 0.5) is 0 Å². The van der Waals surface area contributed by atoms with Gasteiger partial charge in [-0.25, -0.2) is 0 Å². The van der Waals surface area contributed by atoms with E-state index in [-0.39, 0.29) is 11.7 Å². The van der Waals surface area contributed by atoms with E-state index in [2.05, 4.69) is 18.3 Å². The molecule has 1 heterocycles. The average Bonchev–Trinajstić information content (AvgIpc) is 2.79. The van der Waals surface area contributed by atoms with E-state index >= 15 is 0 Å². The summed E-state index contributed by atoms with van der Waals surface area (Å²) in [6, 6.07) is 5.66. The number of carbonyl (C=O) groups is 1. The van der Waals surface area contributed by atoms with Gasteiger partial charge in [-0.2, -0.15) is 5.26 Å². The molecule has 1 aliphatic carbocycles. The molecule has 96 valence electrons. The number of nitriles is 1. The SMILES string of the molecule is Cc1ccc(C(=O)NC2(C#N)CCC(C)CC2)o1. The van der Waals surface area contributed by atoms with Gasteiger partial charge in [0.1, 0.15) is 11.3 Å². The molecule has 0 aromatic carbocycles. The zero-order chi connectivity index (χ0) is 13.2. The second kappa shape index (κ2) is 4.85. The second-order valence-electron chi connectivity index (χ2n) is 5.24. The van der Waals surface area contributed by atoms with E-state index in [0.29, 0.717) is 11.7 Å². The second-order valence-corrected chi connectivity index (χ2v) is 5.24. The lowest BCUT2D eigenvalue weighted by atomic mass is 9.78. The summed E-state index contributed by atoms with van der Waals surface area (Å²) < 4.78 is 5.28. The molecule has 0 aliphatic heterocycles. The Kier molecular flexibility index (Phi) is 3.42. The third-order valence-electron chi connectivity index (χ3n) is 3.66. The summed E-state index contributed by atoms with van der Waals surface area (Å²) in [5.41, 5.74) is -0.718. The minimum absolute atomic E-state index is 0.278. The van der Waals surface area contributed by atoms with Crippen LogP contribution < -0.4 is 5.32 Å². The molecule has 1 aliphatic rings. The summed E-state index contributed by atoms with van der Waals surface area (Å²) in [4.78, 5) is 12.0. The first-order valence-electron chi connectivity index (χ1n) is 6.35. The van der Waals surface area contributed by atoms with Gasteiger partial charge < -0.3 is 9.73 Å². The Labute approximate surface area is 107 Å². The molecule has 0 atom stereocenters. The number of hydrogen-bond acceptors (Lipinski definition) is 3. The highest BCUT2D eigenvalue weighted by atomic mass is 16.3. The van der Waals surface area contributed by atoms with Crippen molar-refractivity contribution in [2.45, 2.75) is 45.1 Å². The van der Waals surface area contributed by atoms with Crippen molar-refractivity contribution in [3.8, 4) is 6.07 Å². The number of aryl methyl sites for hydroxylation is 1. The van der Waals surface area contributed by atoms with Gasteiger partial charge in [0.05, 0.1) is 6.07 Å². The lowest BCUT2D eigenvalue weighted by Crippen LogP contribution is -2.49. The molecule has 4 heteroatoms. The van der Waals surface area contributed by atoms with Crippen molar-refractivity contribution in [1.82, 2.24) is 5.32 Å². The van der Waals surface area contributed by atoms with E-state index in [4.69, 9.17) is 4.42 Å². The molecule has 2 rings (SSSR count). The van der Waals surface area contributed by atoms with Gasteiger partial charge >= 0.3 is 0 Å². The van der Waals surface area contributed by atoms with E-state index in [1.54, 1.807) is 19.1 Å². The van der Waals surface area contributed by atoms with Crippen LogP contribution in [0.2, 0.25) is 0 Å². The van der Waals surface area contributed by atoms with E-state index in [1.807, 2.05) is 0 Å². The van der Waals surface area contributed by atoms with Gasteiger partial charge in [0.2, 0.25) is 0 Å². The maximum absolute atomic E-state index is 12.0. The van der Waals surface area contributed by atoms with Gasteiger partial charge in [-0.1, -0.05) is 6.92 Å². The normalized spacial score (nSPS) is 27.5. The highest BCUT2D eigenvalue weighted by Gasteiger charge is 2.36. The molecule has 0 bridgehead atoms. The highest BCUT2D eigenvalue weighted by Crippen LogP contribution is 2.31. The number of nitrogens with one attached hydrogen (secondary N) is 1. The first-order valence-corrected chi connectivity index (χ1v) is 6.35. The van der Waals surface area contributed by atoms with Crippen molar-refractivity contribution in [3.05, 3.63) is 23.7 Å². The third kappa shape index (κ3) is 2.56. The van der Waals surface area contributed by atoms with Crippen molar-refractivity contribution < 1.29 is 9.21 Å². The van der Waals surface area contributed by atoms with Gasteiger partial charge in [-0.15, -0.1) is 0 Å². The smallest absolute Gasteiger partial charge is 0.288 e. The summed E-state index contributed by atoms with van der Waals surface area (Å²) in [7, 11) is 0. The van der Waals surface area contributed by atoms with Crippen molar-refractivity contribution in [2.24, 2.45) is 5.92 Å². The lowest BCUT2D eigenvalue weighted by Gasteiger charge is -2.34. The Morgan fingerprint density at radius 1 is 1.50 bits per heavy atom. The van der Waals surface area contributed by atoms with Gasteiger partial charge in [0, 0.05) is 0 Å². The van der Waals surface area contributed by atoms with Crippen LogP contribution >= 0.6 is 0 Å². The molecule has 1 fully saturated rings. The first-order chi connectivity index (χ1) is 8.54. The van der Waals surface area contributed by atoms with Gasteiger partial charge in [-0.05, 0) is 50.7 Å². The molecule has 4 nitrogen and oxygen atoms in total. The minimum Gasteiger partial charge on any atom is -0.456 e. The maximum Gasteiger partial charge on any atom is 0.288 e. The fraction of sp³-hybridized carbons (Fsp3) is 0.571. The minimum atomic E-state index is -0.718. The maximum atomic E-state index is 12.0. The predicted molar refractivity (Wildman–Crippen MR) is 66.9 cm³/mol. The molecule has 1 saturated carbocycles. The topological polar surface area (TPSA) is 66.0 Å². The van der Waals surface area contributed by atoms with Crippen LogP contribution in [0.1, 0.15) is 48.9 Å². The van der Waals surface area contributed by atoms with Crippen molar-refractivity contribution in [3.63, 3.8) is 0 Å². The Balaban J connectivity index is 2.07. The Morgan fingerprint density at radius 2 is 2.17 bits per heavy atom. The zero-order valence-corrected chi connectivity index (χ0v) is 10.8. The van der Waals surface area contributed by atoms with Crippen LogP contribution in [-0.2, 0) is 0 Å². The zero-order valence-electron chi connectivity index (χ0n) is 10.8. The fourth-order valence-electron chi connectivity index (χ4n) is 2.36. The first kappa shape index (κ1) is 12.7. The lowest BCUT2D eigenvalue weighted by molar-refractivity contribution is 0.0864. The highest BCUT2D eigenvalue weighted by molar-refractivity contribution is 5.92. The van der Waals surface area contributed by atoms with Crippen LogP contribution in [0.15, 0.2) is 16.5 Å². The van der Waals surface area contributed by atoms with Gasteiger partial charge in [-0.3, -0.25) is 4.79 Å². The van der Waals surface area contributed by atoms with E-state index in [9.17, 15) is 10.1 Å². The molecule has 1 aromatic rings. The molecule has 1 amide bonds. The monoisotopic (exact) mass is 246 g/mol. The average molecular weight is 246 g/mol. The standard InChI is InChI=1S/C14H18N2O2/c1-10-5-7-14(9-15,8-6-10)16-13(17)12-4-3-11(2)18-12/h3-4,10H,5-8H2,1-2H3,(H,16,17). The van der Waals surface area contributed by atoms with E-state index in [1.165, 1.54) is 0 Å². The molecule has 1 aromatic heterocycles. The molecule has 1 N–H and O–H groups in total. The summed E-state index contributed by atoms with van der Waals surface area (Å²) in [5.74, 6) is 1.32. The van der Waals surface area contributed by atoms with Crippen molar-refractivity contribution in [1.29, 1.82) is 5.26 Å². The fourth-order valence-corrected chi connectivity index (χ4v) is 2.36. The van der Waals surface area contributed by atoms with E-state index < -0.39 is 5.54 Å². The largest absolute Gasteiger partial charge is 0.456 e. The van der Waals surface area contributed by atoms with Crippen LogP contribution in [0.25, 0.3) is 0 Å². The van der Waals surface area contributed by atoms with Crippen LogP contribution in [-0.4, -0.2) is 11.4 Å². The number of nitrogens with zero attached hydrogens (tertiary/aromatic N) is 1. The number of carbonyl (C=O) groups excluding carboxylic acids is 1. The Hall–Kier alpha value is -1.76. The van der Waals surface area contributed by atoms with Crippen LogP contribution in [0, 0.1) is 24.2 Å². The molecule has 0 radical (unpaired) electrons. The molecular weight excluding hydrogens is 228 g/mol. The summed E-state index contributed by atoms with van der Waals surface area (Å²) in [6.07, 6.45) is 3.39. The molecule has 0 spiro atoms. The predicted octanol–water partition coefficient (Wildman–Crippen LogP) is 2.79. The van der Waals surface area contributed by atoms with Crippen LogP contribution in [0.5, 0.6) is 0 Å². The van der Waals surface area contributed by atoms with Crippen LogP contribution in [0.3, 0.4) is 0 Å². The Morgan fingerprint density at radius 3 is 2.67 bits per heavy atom. The number of amides is 1. The van der Waals surface area contributed by atoms with E-state index in [0.717, 1.165) is 25.7 Å². The number of hydrogen-bond donors (Lipinski definition) is 1.